The van der Waals surface area contributed by atoms with Crippen LogP contribution in [0.15, 0.2) is 27.8 Å². The zero-order chi connectivity index (χ0) is 16.5. The Labute approximate surface area is 165 Å². The molecule has 0 atom stereocenters. The number of aliphatic imine (C=N–C) groups is 1. The van der Waals surface area contributed by atoms with E-state index >= 15 is 0 Å². The first kappa shape index (κ1) is 21.0. The summed E-state index contributed by atoms with van der Waals surface area (Å²) in [5.74, 6) is 1.83. The van der Waals surface area contributed by atoms with Gasteiger partial charge in [-0.1, -0.05) is 13.3 Å². The molecule has 0 aliphatic rings. The number of nitrogens with zero attached hydrogens (tertiary/aromatic N) is 2. The van der Waals surface area contributed by atoms with Crippen LogP contribution >= 0.6 is 35.3 Å². The van der Waals surface area contributed by atoms with Gasteiger partial charge in [-0.15, -0.1) is 35.3 Å². The number of guanidine groups is 1. The first-order chi connectivity index (χ1) is 11.2. The van der Waals surface area contributed by atoms with Crippen LogP contribution in [0.2, 0.25) is 0 Å². The van der Waals surface area contributed by atoms with E-state index in [2.05, 4.69) is 34.5 Å². The number of furan rings is 1. The van der Waals surface area contributed by atoms with E-state index in [-0.39, 0.29) is 24.0 Å². The Morgan fingerprint density at radius 3 is 2.71 bits per heavy atom. The van der Waals surface area contributed by atoms with Gasteiger partial charge in [-0.2, -0.15) is 0 Å². The maximum Gasteiger partial charge on any atom is 0.191 e. The Morgan fingerprint density at radius 2 is 2.08 bits per heavy atom. The van der Waals surface area contributed by atoms with Crippen molar-refractivity contribution in [2.75, 3.05) is 13.1 Å². The second-order valence-electron chi connectivity index (χ2n) is 5.45. The Hall–Kier alpha value is -1.09. The molecule has 2 aromatic heterocycles. The molecule has 0 bridgehead atoms. The highest BCUT2D eigenvalue weighted by molar-refractivity contribution is 14.0. The van der Waals surface area contributed by atoms with Crippen LogP contribution in [0.25, 0.3) is 0 Å². The summed E-state index contributed by atoms with van der Waals surface area (Å²) >= 11 is 1.72. The predicted molar refractivity (Wildman–Crippen MR) is 111 cm³/mol. The molecule has 2 rings (SSSR count). The van der Waals surface area contributed by atoms with Gasteiger partial charge in [0.05, 0.1) is 18.5 Å². The SMILES string of the molecule is CCCCNC(=NCc1nc(C)c(C)s1)NCCc1ccco1.I. The summed E-state index contributed by atoms with van der Waals surface area (Å²) in [5.41, 5.74) is 1.10. The van der Waals surface area contributed by atoms with Crippen LogP contribution in [0.1, 0.15) is 41.1 Å². The molecular weight excluding hydrogens is 435 g/mol. The molecule has 0 aliphatic heterocycles. The van der Waals surface area contributed by atoms with Crippen LogP contribution in [-0.4, -0.2) is 24.0 Å². The molecule has 0 aromatic carbocycles. The predicted octanol–water partition coefficient (Wildman–Crippen LogP) is 4.05. The third kappa shape index (κ3) is 7.21. The van der Waals surface area contributed by atoms with Gasteiger partial charge in [0.25, 0.3) is 0 Å². The summed E-state index contributed by atoms with van der Waals surface area (Å²) in [6.07, 6.45) is 4.85. The van der Waals surface area contributed by atoms with Crippen LogP contribution in [0, 0.1) is 13.8 Å². The summed E-state index contributed by atoms with van der Waals surface area (Å²) in [6.45, 7) is 8.66. The minimum Gasteiger partial charge on any atom is -0.469 e. The van der Waals surface area contributed by atoms with E-state index in [0.29, 0.717) is 6.54 Å². The van der Waals surface area contributed by atoms with Gasteiger partial charge in [0.1, 0.15) is 10.8 Å². The second-order valence-corrected chi connectivity index (χ2v) is 6.74. The molecule has 0 spiro atoms. The largest absolute Gasteiger partial charge is 0.469 e. The molecule has 24 heavy (non-hydrogen) atoms. The van der Waals surface area contributed by atoms with Crippen molar-refractivity contribution in [1.29, 1.82) is 0 Å². The van der Waals surface area contributed by atoms with Crippen LogP contribution < -0.4 is 10.6 Å². The molecule has 0 radical (unpaired) electrons. The minimum absolute atomic E-state index is 0. The number of hydrogen-bond acceptors (Lipinski definition) is 4. The van der Waals surface area contributed by atoms with E-state index in [9.17, 15) is 0 Å². The van der Waals surface area contributed by atoms with Crippen LogP contribution in [0.4, 0.5) is 0 Å². The Bertz CT molecular complexity index is 591. The van der Waals surface area contributed by atoms with Gasteiger partial charge in [0.15, 0.2) is 5.96 Å². The number of thiazole rings is 1. The van der Waals surface area contributed by atoms with E-state index in [0.717, 1.165) is 54.8 Å². The molecule has 0 amide bonds. The maximum absolute atomic E-state index is 5.35. The van der Waals surface area contributed by atoms with E-state index in [1.807, 2.05) is 19.1 Å². The Balaban J connectivity index is 0.00000288. The molecule has 2 N–H and O–H groups in total. The molecule has 2 aromatic rings. The molecule has 0 saturated carbocycles. The zero-order valence-corrected chi connectivity index (χ0v) is 17.7. The van der Waals surface area contributed by atoms with Crippen molar-refractivity contribution in [2.24, 2.45) is 4.99 Å². The first-order valence-corrected chi connectivity index (χ1v) is 8.98. The minimum atomic E-state index is 0. The second kappa shape index (κ2) is 11.5. The summed E-state index contributed by atoms with van der Waals surface area (Å²) in [5, 5.41) is 7.80. The van der Waals surface area contributed by atoms with E-state index < -0.39 is 0 Å². The number of aromatic nitrogens is 1. The summed E-state index contributed by atoms with van der Waals surface area (Å²) in [6, 6.07) is 3.90. The van der Waals surface area contributed by atoms with E-state index in [1.54, 1.807) is 17.6 Å². The van der Waals surface area contributed by atoms with Gasteiger partial charge in [-0.3, -0.25) is 0 Å². The number of nitrogens with one attached hydrogen (secondary N) is 2. The van der Waals surface area contributed by atoms with Gasteiger partial charge in [-0.05, 0) is 32.4 Å². The van der Waals surface area contributed by atoms with Crippen molar-refractivity contribution in [3.8, 4) is 0 Å². The smallest absolute Gasteiger partial charge is 0.191 e. The van der Waals surface area contributed by atoms with Crippen molar-refractivity contribution in [1.82, 2.24) is 15.6 Å². The fraction of sp³-hybridized carbons (Fsp3) is 0.529. The summed E-state index contributed by atoms with van der Waals surface area (Å²) in [7, 11) is 0. The van der Waals surface area contributed by atoms with Gasteiger partial charge in [0.2, 0.25) is 0 Å². The van der Waals surface area contributed by atoms with Crippen LogP contribution in [-0.2, 0) is 13.0 Å². The van der Waals surface area contributed by atoms with Gasteiger partial charge in [0, 0.05) is 24.4 Å². The summed E-state index contributed by atoms with van der Waals surface area (Å²) in [4.78, 5) is 10.5. The fourth-order valence-electron chi connectivity index (χ4n) is 2.07. The molecule has 134 valence electrons. The number of halogens is 1. The Kier molecular flexibility index (Phi) is 10.0. The quantitative estimate of drug-likeness (QED) is 0.269. The zero-order valence-electron chi connectivity index (χ0n) is 14.6. The van der Waals surface area contributed by atoms with Gasteiger partial charge in [-0.25, -0.2) is 9.98 Å². The highest BCUT2D eigenvalue weighted by Gasteiger charge is 2.04. The molecule has 2 heterocycles. The monoisotopic (exact) mass is 462 g/mol. The van der Waals surface area contributed by atoms with Crippen molar-refractivity contribution in [2.45, 2.75) is 46.6 Å². The topological polar surface area (TPSA) is 62.5 Å². The third-order valence-electron chi connectivity index (χ3n) is 3.51. The van der Waals surface area contributed by atoms with E-state index in [4.69, 9.17) is 4.42 Å². The van der Waals surface area contributed by atoms with Crippen molar-refractivity contribution < 1.29 is 4.42 Å². The van der Waals surface area contributed by atoms with E-state index in [1.165, 1.54) is 4.88 Å². The van der Waals surface area contributed by atoms with Crippen LogP contribution in [0.3, 0.4) is 0 Å². The molecule has 7 heteroatoms. The number of unbranched alkanes of at least 4 members (excludes halogenated alkanes) is 1. The first-order valence-electron chi connectivity index (χ1n) is 8.16. The number of aryl methyl sites for hydroxylation is 2. The fourth-order valence-corrected chi connectivity index (χ4v) is 2.93. The summed E-state index contributed by atoms with van der Waals surface area (Å²) < 4.78 is 5.35. The van der Waals surface area contributed by atoms with Crippen molar-refractivity contribution in [3.63, 3.8) is 0 Å². The third-order valence-corrected chi connectivity index (χ3v) is 4.57. The molecular formula is C17H27IN4OS. The van der Waals surface area contributed by atoms with Gasteiger partial charge < -0.3 is 15.1 Å². The number of hydrogen-bond donors (Lipinski definition) is 2. The van der Waals surface area contributed by atoms with Crippen molar-refractivity contribution >= 4 is 41.3 Å². The lowest BCUT2D eigenvalue weighted by atomic mass is 10.3. The average molecular weight is 462 g/mol. The van der Waals surface area contributed by atoms with Crippen molar-refractivity contribution in [3.05, 3.63) is 39.7 Å². The highest BCUT2D eigenvalue weighted by Crippen LogP contribution is 2.16. The average Bonchev–Trinajstić information content (AvgIpc) is 3.15. The lowest BCUT2D eigenvalue weighted by molar-refractivity contribution is 0.506. The molecule has 0 fully saturated rings. The lowest BCUT2D eigenvalue weighted by Crippen LogP contribution is -2.38. The highest BCUT2D eigenvalue weighted by atomic mass is 127. The molecule has 5 nitrogen and oxygen atoms in total. The molecule has 0 unspecified atom stereocenters. The standard InChI is InChI=1S/C17H26N4OS.HI/c1-4-5-9-18-17(19-10-8-15-7-6-11-22-15)20-12-16-21-13(2)14(3)23-16;/h6-7,11H,4-5,8-10,12H2,1-3H3,(H2,18,19,20);1H. The number of rotatable bonds is 8. The lowest BCUT2D eigenvalue weighted by Gasteiger charge is -2.11. The molecule has 0 aliphatic carbocycles. The maximum atomic E-state index is 5.35. The van der Waals surface area contributed by atoms with Crippen LogP contribution in [0.5, 0.6) is 0 Å². The molecule has 0 saturated heterocycles. The van der Waals surface area contributed by atoms with Gasteiger partial charge >= 0.3 is 0 Å². The normalized spacial score (nSPS) is 11.2. The Morgan fingerprint density at radius 1 is 1.29 bits per heavy atom.